The molecule has 0 bridgehead atoms. The molecule has 0 radical (unpaired) electrons. The number of hydrogen-bond donors (Lipinski definition) is 0. The second kappa shape index (κ2) is 20.4. The minimum atomic E-state index is 0.0342. The van der Waals surface area contributed by atoms with E-state index in [1.807, 2.05) is 0 Å². The number of carbonyl (C=O) groups excluding carboxylic acids is 1. The summed E-state index contributed by atoms with van der Waals surface area (Å²) in [5.74, 6) is 0.0342. The van der Waals surface area contributed by atoms with Crippen molar-refractivity contribution in [2.75, 3.05) is 87.0 Å². The van der Waals surface area contributed by atoms with E-state index >= 15 is 0 Å². The smallest absolute Gasteiger partial charge is 0.155 e. The lowest BCUT2D eigenvalue weighted by atomic mass is 10.5. The van der Waals surface area contributed by atoms with E-state index in [0.29, 0.717) is 46.8 Å². The van der Waals surface area contributed by atoms with Gasteiger partial charge in [-0.3, -0.25) is 4.79 Å². The highest BCUT2D eigenvalue weighted by Gasteiger charge is 1.95. The summed E-state index contributed by atoms with van der Waals surface area (Å²) in [6.45, 7) is 8.03. The number of Topliss-reactive ketones (excluding diaryl/α,β-unsaturated/α-hetero) is 1. The summed E-state index contributed by atoms with van der Waals surface area (Å²) in [6.07, 6.45) is 0. The number of hydrogen-bond acceptors (Lipinski definition) is 9. The van der Waals surface area contributed by atoms with Gasteiger partial charge in [0, 0.05) is 7.11 Å². The molecule has 2 aliphatic rings. The Morgan fingerprint density at radius 3 is 1.58 bits per heavy atom. The topological polar surface area (TPSA) is 90.9 Å². The van der Waals surface area contributed by atoms with E-state index in [0.717, 1.165) is 26.4 Å². The van der Waals surface area contributed by atoms with Crippen LogP contribution in [0.5, 0.6) is 0 Å². The zero-order valence-electron chi connectivity index (χ0n) is 14.7. The van der Waals surface area contributed by atoms with Crippen LogP contribution in [-0.2, 0) is 42.7 Å². The van der Waals surface area contributed by atoms with Crippen LogP contribution in [0.2, 0.25) is 0 Å². The van der Waals surface area contributed by atoms with Crippen LogP contribution in [-0.4, -0.2) is 92.7 Å². The number of ether oxygens (including phenoxy) is 8. The molecule has 0 aromatic carbocycles. The third-order valence-corrected chi connectivity index (χ3v) is 2.35. The summed E-state index contributed by atoms with van der Waals surface area (Å²) in [4.78, 5) is 10.4. The summed E-state index contributed by atoms with van der Waals surface area (Å²) < 4.78 is 38.6. The first-order valence-corrected chi connectivity index (χ1v) is 7.80. The molecule has 2 saturated heterocycles. The van der Waals surface area contributed by atoms with Crippen molar-refractivity contribution in [1.82, 2.24) is 0 Å². The van der Waals surface area contributed by atoms with E-state index in [-0.39, 0.29) is 12.4 Å². The predicted octanol–water partition coefficient (Wildman–Crippen LogP) is 0.211. The normalized spacial score (nSPS) is 17.1. The van der Waals surface area contributed by atoms with Crippen molar-refractivity contribution in [1.29, 1.82) is 0 Å². The van der Waals surface area contributed by atoms with Gasteiger partial charge in [0.25, 0.3) is 0 Å². The molecule has 0 aromatic heterocycles. The highest BCUT2D eigenvalue weighted by atomic mass is 16.8. The van der Waals surface area contributed by atoms with Gasteiger partial charge in [0.15, 0.2) is 26.2 Å². The molecule has 0 atom stereocenters. The zero-order chi connectivity index (χ0) is 17.7. The largest absolute Gasteiger partial charge is 0.382 e. The van der Waals surface area contributed by atoms with Crippen LogP contribution in [0.25, 0.3) is 0 Å². The Morgan fingerprint density at radius 2 is 1.21 bits per heavy atom. The monoisotopic (exact) mass is 354 g/mol. The van der Waals surface area contributed by atoms with Gasteiger partial charge in [-0.2, -0.15) is 0 Å². The molecule has 2 fully saturated rings. The van der Waals surface area contributed by atoms with E-state index in [4.69, 9.17) is 23.7 Å². The van der Waals surface area contributed by atoms with Gasteiger partial charge in [0.2, 0.25) is 0 Å². The highest BCUT2D eigenvalue weighted by molar-refractivity contribution is 5.76. The lowest BCUT2D eigenvalue weighted by molar-refractivity contribution is -0.247. The first-order chi connectivity index (χ1) is 11.8. The lowest BCUT2D eigenvalue weighted by Gasteiger charge is -2.10. The van der Waals surface area contributed by atoms with Crippen molar-refractivity contribution >= 4 is 5.78 Å². The molecule has 24 heavy (non-hydrogen) atoms. The fraction of sp³-hybridized carbons (Fsp3) is 0.933. The molecule has 2 rings (SSSR count). The first-order valence-electron chi connectivity index (χ1n) is 7.80. The molecule has 0 saturated carbocycles. The minimum Gasteiger partial charge on any atom is -0.382 e. The van der Waals surface area contributed by atoms with Crippen LogP contribution in [0, 0.1) is 0 Å². The van der Waals surface area contributed by atoms with E-state index in [2.05, 4.69) is 14.2 Å². The van der Waals surface area contributed by atoms with Gasteiger partial charge in [0.1, 0.15) is 6.61 Å². The maximum atomic E-state index is 10.4. The number of carbonyl (C=O) groups is 1. The molecular weight excluding hydrogens is 324 g/mol. The maximum absolute atomic E-state index is 10.4. The number of ketones is 1. The van der Waals surface area contributed by atoms with Crippen LogP contribution in [0.1, 0.15) is 6.92 Å². The Hall–Kier alpha value is -0.650. The van der Waals surface area contributed by atoms with E-state index in [1.54, 1.807) is 7.11 Å². The van der Waals surface area contributed by atoms with Crippen LogP contribution < -0.4 is 0 Å². The quantitative estimate of drug-likeness (QED) is 0.567. The predicted molar refractivity (Wildman–Crippen MR) is 83.7 cm³/mol. The third kappa shape index (κ3) is 21.4. The van der Waals surface area contributed by atoms with Crippen molar-refractivity contribution in [3.05, 3.63) is 0 Å². The maximum Gasteiger partial charge on any atom is 0.155 e. The number of rotatable bonds is 8. The van der Waals surface area contributed by atoms with Crippen molar-refractivity contribution < 1.29 is 42.7 Å². The molecule has 2 heterocycles. The van der Waals surface area contributed by atoms with Crippen molar-refractivity contribution in [2.24, 2.45) is 0 Å². The molecule has 2 aliphatic heterocycles. The fourth-order valence-electron chi connectivity index (χ4n) is 1.30. The minimum absolute atomic E-state index is 0.0342. The molecule has 144 valence electrons. The summed E-state index contributed by atoms with van der Waals surface area (Å²) >= 11 is 0. The second-order valence-corrected chi connectivity index (χ2v) is 4.55. The van der Waals surface area contributed by atoms with E-state index in [9.17, 15) is 4.79 Å². The second-order valence-electron chi connectivity index (χ2n) is 4.55. The van der Waals surface area contributed by atoms with Crippen molar-refractivity contribution in [3.8, 4) is 0 Å². The lowest BCUT2D eigenvalue weighted by Crippen LogP contribution is -2.16. The zero-order valence-corrected chi connectivity index (χ0v) is 14.7. The van der Waals surface area contributed by atoms with Crippen LogP contribution in [0.4, 0.5) is 0 Å². The Bertz CT molecular complexity index is 220. The average Bonchev–Trinajstić information content (AvgIpc) is 2.65. The summed E-state index contributed by atoms with van der Waals surface area (Å²) in [6, 6.07) is 0. The van der Waals surface area contributed by atoms with Gasteiger partial charge in [-0.15, -0.1) is 0 Å². The van der Waals surface area contributed by atoms with E-state index in [1.165, 1.54) is 6.92 Å². The Kier molecular flexibility index (Phi) is 19.8. The van der Waals surface area contributed by atoms with E-state index < -0.39 is 0 Å². The Balaban J connectivity index is 0.000000364. The fourth-order valence-corrected chi connectivity index (χ4v) is 1.30. The van der Waals surface area contributed by atoms with Gasteiger partial charge < -0.3 is 37.9 Å². The highest BCUT2D eigenvalue weighted by Crippen LogP contribution is 1.87. The van der Waals surface area contributed by atoms with Crippen LogP contribution >= 0.6 is 0 Å². The molecule has 0 N–H and O–H groups in total. The Labute approximate surface area is 143 Å². The summed E-state index contributed by atoms with van der Waals surface area (Å²) in [7, 11) is 1.62. The van der Waals surface area contributed by atoms with Gasteiger partial charge in [-0.25, -0.2) is 0 Å². The van der Waals surface area contributed by atoms with Gasteiger partial charge in [-0.1, -0.05) is 0 Å². The standard InChI is InChI=1S/C8H16O4.C4H8O2.C3H6O3/c1-8(9)7-12-6-5-11-4-3-10-2;1-2-6-4-3-5-1;1-4-2-6-3-5-1/h3-7H2,1-2H3;1-4H2;1-3H2. The average molecular weight is 354 g/mol. The molecule has 9 heteroatoms. The summed E-state index contributed by atoms with van der Waals surface area (Å²) in [5, 5.41) is 0. The number of methoxy groups -OCH3 is 1. The van der Waals surface area contributed by atoms with Crippen molar-refractivity contribution in [2.45, 2.75) is 6.92 Å². The molecular formula is C15H30O9. The van der Waals surface area contributed by atoms with Crippen molar-refractivity contribution in [3.63, 3.8) is 0 Å². The SMILES string of the molecule is C1COCCO1.C1OCOCO1.COCCOCCOCC(C)=O. The van der Waals surface area contributed by atoms with Gasteiger partial charge in [-0.05, 0) is 6.92 Å². The molecule has 0 amide bonds. The molecule has 0 unspecified atom stereocenters. The molecule has 0 aliphatic carbocycles. The van der Waals surface area contributed by atoms with Gasteiger partial charge in [0.05, 0.1) is 52.9 Å². The molecule has 9 nitrogen and oxygen atoms in total. The van der Waals surface area contributed by atoms with Crippen LogP contribution in [0.3, 0.4) is 0 Å². The first kappa shape index (κ1) is 23.4. The third-order valence-electron chi connectivity index (χ3n) is 2.35. The Morgan fingerprint density at radius 1 is 0.750 bits per heavy atom. The molecule has 0 aromatic rings. The molecule has 0 spiro atoms. The van der Waals surface area contributed by atoms with Crippen LogP contribution in [0.15, 0.2) is 0 Å². The summed E-state index contributed by atoms with van der Waals surface area (Å²) in [5.41, 5.74) is 0. The van der Waals surface area contributed by atoms with Gasteiger partial charge >= 0.3 is 0 Å².